The summed E-state index contributed by atoms with van der Waals surface area (Å²) in [6.07, 6.45) is 8.69. The van der Waals surface area contributed by atoms with E-state index < -0.39 is 6.10 Å². The van der Waals surface area contributed by atoms with E-state index >= 15 is 0 Å². The molecule has 3 fully saturated rings. The first-order chi connectivity index (χ1) is 22.1. The topological polar surface area (TPSA) is 120 Å². The molecule has 1 aromatic carbocycles. The number of nitrogens with zero attached hydrogens (tertiary/aromatic N) is 1. The predicted octanol–water partition coefficient (Wildman–Crippen LogP) is 7.04. The zero-order valence-electron chi connectivity index (χ0n) is 27.1. The highest BCUT2D eigenvalue weighted by molar-refractivity contribution is 7.23. The number of aliphatic imine (C=N–C) groups is 1. The number of carbonyl (C=O) groups excluding carboxylic acids is 1. The molecule has 2 bridgehead atoms. The van der Waals surface area contributed by atoms with Gasteiger partial charge in [-0.15, -0.1) is 28.6 Å². The number of thiophene rings is 2. The zero-order valence-corrected chi connectivity index (χ0v) is 28.7. The summed E-state index contributed by atoms with van der Waals surface area (Å²) in [4.78, 5) is 23.0. The van der Waals surface area contributed by atoms with Crippen molar-refractivity contribution < 1.29 is 15.0 Å². The molecule has 6 N–H and O–H groups in total. The quantitative estimate of drug-likeness (QED) is 0.0690. The van der Waals surface area contributed by atoms with Crippen molar-refractivity contribution in [2.75, 3.05) is 18.9 Å². The number of nitrogens with one attached hydrogen (secondary N) is 2. The van der Waals surface area contributed by atoms with E-state index in [4.69, 9.17) is 5.73 Å². The maximum atomic E-state index is 14.4. The number of anilines is 1. The minimum absolute atomic E-state index is 0.00433. The number of fused-ring (bicyclic) bond motifs is 1. The van der Waals surface area contributed by atoms with Crippen molar-refractivity contribution in [3.8, 4) is 27.3 Å². The number of aliphatic hydroxyl groups excluding tert-OH is 1. The minimum atomic E-state index is -0.500. The van der Waals surface area contributed by atoms with Crippen LogP contribution in [0.5, 0.6) is 5.75 Å². The molecule has 46 heavy (non-hydrogen) atoms. The van der Waals surface area contributed by atoms with Gasteiger partial charge in [0.05, 0.1) is 15.9 Å². The Balaban J connectivity index is 1.28. The van der Waals surface area contributed by atoms with Crippen molar-refractivity contribution in [2.24, 2.45) is 33.4 Å². The second-order valence-electron chi connectivity index (χ2n) is 13.7. The second-order valence-corrected chi connectivity index (χ2v) is 15.9. The van der Waals surface area contributed by atoms with Crippen LogP contribution in [0.25, 0.3) is 9.75 Å². The zero-order chi connectivity index (χ0) is 32.5. The van der Waals surface area contributed by atoms with E-state index in [1.165, 1.54) is 17.7 Å². The van der Waals surface area contributed by atoms with Crippen molar-refractivity contribution in [3.05, 3.63) is 57.8 Å². The van der Waals surface area contributed by atoms with Crippen LogP contribution in [-0.4, -0.2) is 47.7 Å². The van der Waals surface area contributed by atoms with Gasteiger partial charge in [-0.3, -0.25) is 9.79 Å². The van der Waals surface area contributed by atoms with Crippen LogP contribution in [-0.2, 0) is 6.42 Å². The van der Waals surface area contributed by atoms with Gasteiger partial charge in [-0.05, 0) is 124 Å². The molecule has 3 saturated carbocycles. The summed E-state index contributed by atoms with van der Waals surface area (Å²) >= 11 is 3.31. The Kier molecular flexibility index (Phi) is 9.52. The van der Waals surface area contributed by atoms with E-state index in [2.05, 4.69) is 51.7 Å². The number of aromatic hydroxyl groups is 1. The van der Waals surface area contributed by atoms with Crippen LogP contribution < -0.4 is 16.4 Å². The molecule has 3 aliphatic carbocycles. The maximum Gasteiger partial charge on any atom is 0.188 e. The number of hydrogen-bond acceptors (Lipinski definition) is 7. The number of aliphatic hydroxyl groups is 1. The number of hydrogen-bond donors (Lipinski definition) is 5. The Bertz CT molecular complexity index is 1670. The minimum Gasteiger partial charge on any atom is -0.508 e. The Morgan fingerprint density at radius 2 is 1.89 bits per heavy atom. The Morgan fingerprint density at radius 1 is 1.11 bits per heavy atom. The number of benzene rings is 1. The number of rotatable bonds is 10. The molecule has 0 unspecified atom stereocenters. The maximum absolute atomic E-state index is 14.4. The lowest BCUT2D eigenvalue weighted by Gasteiger charge is -2.60. The molecule has 2 heterocycles. The Labute approximate surface area is 280 Å². The van der Waals surface area contributed by atoms with Gasteiger partial charge in [0, 0.05) is 47.1 Å². The van der Waals surface area contributed by atoms with Crippen LogP contribution in [0.4, 0.5) is 5.69 Å². The first kappa shape index (κ1) is 32.6. The number of carbonyl (C=O) groups is 1. The van der Waals surface area contributed by atoms with Gasteiger partial charge < -0.3 is 26.6 Å². The summed E-state index contributed by atoms with van der Waals surface area (Å²) in [6, 6.07) is 13.9. The highest BCUT2D eigenvalue weighted by atomic mass is 32.1. The van der Waals surface area contributed by atoms with E-state index in [9.17, 15) is 15.0 Å². The van der Waals surface area contributed by atoms with Crippen molar-refractivity contribution in [2.45, 2.75) is 83.8 Å². The smallest absolute Gasteiger partial charge is 0.188 e. The highest BCUT2D eigenvalue weighted by Gasteiger charge is 2.62. The van der Waals surface area contributed by atoms with Gasteiger partial charge >= 0.3 is 0 Å². The number of nitrogens with two attached hydrogens (primary N) is 1. The third-order valence-corrected chi connectivity index (χ3v) is 13.2. The van der Waals surface area contributed by atoms with Crippen LogP contribution in [0.1, 0.15) is 85.3 Å². The molecular formula is C37H46N4O3S2. The molecule has 2 aromatic heterocycles. The number of ketones is 1. The molecular weight excluding hydrogens is 613 g/mol. The lowest BCUT2D eigenvalue weighted by molar-refractivity contribution is -0.0767. The molecule has 0 radical (unpaired) electrons. The monoisotopic (exact) mass is 658 g/mol. The number of phenolic OH excluding ortho intramolecular Hbond substituents is 1. The van der Waals surface area contributed by atoms with Crippen LogP contribution >= 0.6 is 22.7 Å². The Hall–Kier alpha value is -3.32. The van der Waals surface area contributed by atoms with Crippen molar-refractivity contribution in [1.82, 2.24) is 5.32 Å². The summed E-state index contributed by atoms with van der Waals surface area (Å²) in [5.41, 5.74) is 8.08. The third-order valence-electron chi connectivity index (χ3n) is 10.9. The normalized spacial score (nSPS) is 26.8. The van der Waals surface area contributed by atoms with Gasteiger partial charge in [0.25, 0.3) is 0 Å². The molecule has 9 heteroatoms. The number of guanidine groups is 1. The summed E-state index contributed by atoms with van der Waals surface area (Å²) in [5, 5.41) is 27.2. The third kappa shape index (κ3) is 6.45. The van der Waals surface area contributed by atoms with E-state index in [0.717, 1.165) is 64.4 Å². The first-order valence-corrected chi connectivity index (χ1v) is 18.2. The Morgan fingerprint density at radius 3 is 2.67 bits per heavy atom. The van der Waals surface area contributed by atoms with Gasteiger partial charge in [0.1, 0.15) is 5.75 Å². The SMILES string of the molecule is CC#Cc1ccc(-c2ccc(C(=O)[C@H]3CC[C@]4([C@@H](Cc5cc(O)cc(NC[C@H](C)O)c5)NC(N)=NC)CC[C@H]5CCC[C@]53C4)s2)s1. The molecule has 0 amide bonds. The van der Waals surface area contributed by atoms with Gasteiger partial charge in [0.15, 0.2) is 11.7 Å². The van der Waals surface area contributed by atoms with Gasteiger partial charge in [0.2, 0.25) is 0 Å². The van der Waals surface area contributed by atoms with E-state index in [-0.39, 0.29) is 28.5 Å². The summed E-state index contributed by atoms with van der Waals surface area (Å²) in [5.74, 6) is 7.65. The first-order valence-electron chi connectivity index (χ1n) is 16.6. The van der Waals surface area contributed by atoms with Crippen LogP contribution in [0.3, 0.4) is 0 Å². The second kappa shape index (κ2) is 13.4. The van der Waals surface area contributed by atoms with Gasteiger partial charge in [-0.25, -0.2) is 0 Å². The lowest BCUT2D eigenvalue weighted by atomic mass is 9.45. The molecule has 3 aliphatic rings. The lowest BCUT2D eigenvalue weighted by Crippen LogP contribution is -2.60. The number of phenols is 1. The average Bonchev–Trinajstić information content (AvgIpc) is 3.79. The van der Waals surface area contributed by atoms with Gasteiger partial charge in [-0.1, -0.05) is 12.3 Å². The van der Waals surface area contributed by atoms with E-state index in [0.29, 0.717) is 30.6 Å². The molecule has 0 saturated heterocycles. The summed E-state index contributed by atoms with van der Waals surface area (Å²) < 4.78 is 0. The number of Topliss-reactive ketones (excluding diaryl/α,β-unsaturated/α-hetero) is 1. The molecule has 3 aromatic rings. The van der Waals surface area contributed by atoms with Crippen LogP contribution in [0.15, 0.2) is 47.5 Å². The fourth-order valence-corrected chi connectivity index (χ4v) is 10.9. The fourth-order valence-electron chi connectivity index (χ4n) is 8.91. The van der Waals surface area contributed by atoms with Crippen molar-refractivity contribution >= 4 is 40.1 Å². The van der Waals surface area contributed by atoms with Crippen LogP contribution in [0, 0.1) is 34.5 Å². The molecule has 6 atom stereocenters. The van der Waals surface area contributed by atoms with E-state index in [1.54, 1.807) is 42.7 Å². The van der Waals surface area contributed by atoms with Crippen LogP contribution in [0.2, 0.25) is 0 Å². The average molecular weight is 659 g/mol. The molecule has 1 spiro atoms. The molecule has 0 aliphatic heterocycles. The molecule has 7 nitrogen and oxygen atoms in total. The highest BCUT2D eigenvalue weighted by Crippen LogP contribution is 2.67. The van der Waals surface area contributed by atoms with Gasteiger partial charge in [-0.2, -0.15) is 0 Å². The van der Waals surface area contributed by atoms with Crippen molar-refractivity contribution in [3.63, 3.8) is 0 Å². The summed E-state index contributed by atoms with van der Waals surface area (Å²) in [7, 11) is 1.71. The van der Waals surface area contributed by atoms with Crippen molar-refractivity contribution in [1.29, 1.82) is 0 Å². The predicted molar refractivity (Wildman–Crippen MR) is 190 cm³/mol. The standard InChI is InChI=1S/C37H46N4O3S2/c1-4-6-28-8-9-30(45-28)31-10-11-32(46-31)34(44)29-13-16-36(15-12-25-7-5-14-37(25,29)22-36)33(41-35(38)39-3)19-24-17-26(20-27(43)18-24)40-21-23(2)42/h8-11,17-18,20,23,25,29,33,40,42-43H,5,7,12-16,19,21-22H2,1-3H3,(H3,38,39,41)/t23-,25+,29+,33+,36+,37-/m0/s1. The fraction of sp³-hybridized carbons (Fsp3) is 0.514. The van der Waals surface area contributed by atoms with E-state index in [1.807, 2.05) is 19.1 Å². The largest absolute Gasteiger partial charge is 0.508 e. The molecule has 244 valence electrons. The summed E-state index contributed by atoms with van der Waals surface area (Å²) in [6.45, 7) is 3.99. The molecule has 6 rings (SSSR count).